The Bertz CT molecular complexity index is 154. The summed E-state index contributed by atoms with van der Waals surface area (Å²) < 4.78 is 0. The molecule has 0 bridgehead atoms. The lowest BCUT2D eigenvalue weighted by molar-refractivity contribution is 0.307. The van der Waals surface area contributed by atoms with Gasteiger partial charge in [-0.05, 0) is 12.2 Å². The third-order valence-corrected chi connectivity index (χ3v) is 2.98. The van der Waals surface area contributed by atoms with Crippen LogP contribution in [-0.4, -0.2) is 22.4 Å². The number of hydrogen-bond acceptors (Lipinski definition) is 3. The predicted octanol–water partition coefficient (Wildman–Crippen LogP) is 1.98. The van der Waals surface area contributed by atoms with Crippen LogP contribution in [0.1, 0.15) is 20.3 Å². The van der Waals surface area contributed by atoms with Crippen molar-refractivity contribution in [2.75, 3.05) is 11.5 Å². The first-order valence-electron chi connectivity index (χ1n) is 3.46. The summed E-state index contributed by atoms with van der Waals surface area (Å²) in [5.74, 6) is 2.08. The minimum Gasteiger partial charge on any atom is -0.411 e. The zero-order valence-electron chi connectivity index (χ0n) is 6.42. The molecule has 0 aromatic rings. The Kier molecular flexibility index (Phi) is 2.24. The molecule has 1 N–H and O–H groups in total. The van der Waals surface area contributed by atoms with Gasteiger partial charge in [-0.3, -0.25) is 0 Å². The van der Waals surface area contributed by atoms with Gasteiger partial charge in [-0.25, -0.2) is 0 Å². The third-order valence-electron chi connectivity index (χ3n) is 2.01. The van der Waals surface area contributed by atoms with E-state index in [1.54, 1.807) is 0 Å². The fourth-order valence-corrected chi connectivity index (χ4v) is 2.44. The molecule has 1 aliphatic rings. The van der Waals surface area contributed by atoms with Gasteiger partial charge in [0.25, 0.3) is 0 Å². The minimum absolute atomic E-state index is 0.125. The van der Waals surface area contributed by atoms with E-state index in [2.05, 4.69) is 19.0 Å². The highest BCUT2D eigenvalue weighted by atomic mass is 32.2. The fourth-order valence-electron chi connectivity index (χ4n) is 1.00. The molecule has 1 rings (SSSR count). The van der Waals surface area contributed by atoms with Crippen molar-refractivity contribution in [3.63, 3.8) is 0 Å². The smallest absolute Gasteiger partial charge is 0.0725 e. The first kappa shape index (κ1) is 7.92. The molecular weight excluding hydrogens is 146 g/mol. The van der Waals surface area contributed by atoms with Gasteiger partial charge in [0, 0.05) is 11.2 Å². The predicted molar refractivity (Wildman–Crippen MR) is 44.9 cm³/mol. The van der Waals surface area contributed by atoms with Crippen LogP contribution in [-0.2, 0) is 0 Å². The van der Waals surface area contributed by atoms with Gasteiger partial charge in [0.15, 0.2) is 0 Å². The molecule has 0 saturated carbocycles. The topological polar surface area (TPSA) is 32.6 Å². The lowest BCUT2D eigenvalue weighted by atomic mass is 9.85. The monoisotopic (exact) mass is 159 g/mol. The second kappa shape index (κ2) is 2.82. The molecule has 2 nitrogen and oxygen atoms in total. The zero-order chi connectivity index (χ0) is 7.61. The van der Waals surface area contributed by atoms with Crippen LogP contribution < -0.4 is 0 Å². The van der Waals surface area contributed by atoms with Gasteiger partial charge >= 0.3 is 0 Å². The quantitative estimate of drug-likeness (QED) is 0.433. The van der Waals surface area contributed by atoms with Crippen molar-refractivity contribution in [3.8, 4) is 0 Å². The Hall–Kier alpha value is -0.180. The number of hydrogen-bond donors (Lipinski definition) is 1. The van der Waals surface area contributed by atoms with E-state index in [1.165, 1.54) is 5.75 Å². The molecule has 1 saturated heterocycles. The van der Waals surface area contributed by atoms with Crippen molar-refractivity contribution in [1.82, 2.24) is 0 Å². The number of rotatable bonds is 0. The SMILES string of the molecule is CC1(C)CCSCC1=NO. The Morgan fingerprint density at radius 2 is 2.30 bits per heavy atom. The van der Waals surface area contributed by atoms with Crippen LogP contribution in [0.5, 0.6) is 0 Å². The summed E-state index contributed by atoms with van der Waals surface area (Å²) in [5, 5.41) is 11.9. The maximum absolute atomic E-state index is 8.60. The second-order valence-electron chi connectivity index (χ2n) is 3.23. The molecule has 0 radical (unpaired) electrons. The van der Waals surface area contributed by atoms with Gasteiger partial charge in [-0.15, -0.1) is 0 Å². The van der Waals surface area contributed by atoms with Crippen molar-refractivity contribution < 1.29 is 5.21 Å². The fraction of sp³-hybridized carbons (Fsp3) is 0.857. The van der Waals surface area contributed by atoms with Crippen molar-refractivity contribution in [2.45, 2.75) is 20.3 Å². The maximum Gasteiger partial charge on any atom is 0.0725 e. The summed E-state index contributed by atoms with van der Waals surface area (Å²) in [4.78, 5) is 0. The van der Waals surface area contributed by atoms with E-state index in [1.807, 2.05) is 11.8 Å². The molecule has 0 aromatic heterocycles. The van der Waals surface area contributed by atoms with E-state index in [-0.39, 0.29) is 5.41 Å². The van der Waals surface area contributed by atoms with Crippen molar-refractivity contribution >= 4 is 17.5 Å². The van der Waals surface area contributed by atoms with Gasteiger partial charge in [0.05, 0.1) is 5.71 Å². The summed E-state index contributed by atoms with van der Waals surface area (Å²) in [6, 6.07) is 0. The van der Waals surface area contributed by atoms with Crippen LogP contribution >= 0.6 is 11.8 Å². The molecule has 0 amide bonds. The average molecular weight is 159 g/mol. The van der Waals surface area contributed by atoms with Gasteiger partial charge in [0.2, 0.25) is 0 Å². The van der Waals surface area contributed by atoms with E-state index in [0.29, 0.717) is 0 Å². The Morgan fingerprint density at radius 3 is 2.70 bits per heavy atom. The van der Waals surface area contributed by atoms with Crippen molar-refractivity contribution in [1.29, 1.82) is 0 Å². The highest BCUT2D eigenvalue weighted by Crippen LogP contribution is 2.31. The van der Waals surface area contributed by atoms with E-state index in [4.69, 9.17) is 5.21 Å². The summed E-state index contributed by atoms with van der Waals surface area (Å²) in [6.45, 7) is 4.25. The van der Waals surface area contributed by atoms with Crippen molar-refractivity contribution in [2.24, 2.45) is 10.6 Å². The van der Waals surface area contributed by atoms with E-state index >= 15 is 0 Å². The molecule has 1 fully saturated rings. The Morgan fingerprint density at radius 1 is 1.60 bits per heavy atom. The van der Waals surface area contributed by atoms with Crippen LogP contribution in [0.15, 0.2) is 5.16 Å². The molecule has 1 heterocycles. The van der Waals surface area contributed by atoms with E-state index in [9.17, 15) is 0 Å². The minimum atomic E-state index is 0.125. The molecule has 0 unspecified atom stereocenters. The summed E-state index contributed by atoms with van der Waals surface area (Å²) in [5.41, 5.74) is 1.06. The van der Waals surface area contributed by atoms with E-state index < -0.39 is 0 Å². The van der Waals surface area contributed by atoms with Gasteiger partial charge in [-0.1, -0.05) is 19.0 Å². The highest BCUT2D eigenvalue weighted by Gasteiger charge is 2.28. The second-order valence-corrected chi connectivity index (χ2v) is 4.34. The Balaban J connectivity index is 2.70. The third kappa shape index (κ3) is 1.45. The van der Waals surface area contributed by atoms with Gasteiger partial charge in [0.1, 0.15) is 0 Å². The summed E-state index contributed by atoms with van der Waals surface area (Å²) in [6.07, 6.45) is 1.12. The zero-order valence-corrected chi connectivity index (χ0v) is 7.24. The lowest BCUT2D eigenvalue weighted by Gasteiger charge is -2.29. The average Bonchev–Trinajstić information content (AvgIpc) is 1.87. The first-order chi connectivity index (χ1) is 4.67. The molecule has 58 valence electrons. The standard InChI is InChI=1S/C7H13NOS/c1-7(2)3-4-10-5-6(7)8-9/h9H,3-5H2,1-2H3. The molecule has 0 spiro atoms. The molecule has 0 aliphatic carbocycles. The van der Waals surface area contributed by atoms with Crippen LogP contribution in [0.4, 0.5) is 0 Å². The number of oxime groups is 1. The molecule has 1 aliphatic heterocycles. The van der Waals surface area contributed by atoms with Crippen LogP contribution in [0.3, 0.4) is 0 Å². The lowest BCUT2D eigenvalue weighted by Crippen LogP contribution is -2.30. The highest BCUT2D eigenvalue weighted by molar-refractivity contribution is 8.00. The molecule has 0 atom stereocenters. The van der Waals surface area contributed by atoms with Crippen LogP contribution in [0.2, 0.25) is 0 Å². The van der Waals surface area contributed by atoms with Gasteiger partial charge < -0.3 is 5.21 Å². The van der Waals surface area contributed by atoms with Crippen LogP contribution in [0.25, 0.3) is 0 Å². The maximum atomic E-state index is 8.60. The molecule has 3 heteroatoms. The molecular formula is C7H13NOS. The number of thioether (sulfide) groups is 1. The largest absolute Gasteiger partial charge is 0.411 e. The normalized spacial score (nSPS) is 28.8. The van der Waals surface area contributed by atoms with E-state index in [0.717, 1.165) is 17.9 Å². The molecule has 10 heavy (non-hydrogen) atoms. The summed E-state index contributed by atoms with van der Waals surface area (Å²) >= 11 is 1.84. The van der Waals surface area contributed by atoms with Gasteiger partial charge in [-0.2, -0.15) is 11.8 Å². The Labute approximate surface area is 65.7 Å². The van der Waals surface area contributed by atoms with Crippen LogP contribution in [0, 0.1) is 5.41 Å². The summed E-state index contributed by atoms with van der Waals surface area (Å²) in [7, 11) is 0. The number of nitrogens with zero attached hydrogens (tertiary/aromatic N) is 1. The van der Waals surface area contributed by atoms with Crippen molar-refractivity contribution in [3.05, 3.63) is 0 Å². The molecule has 0 aromatic carbocycles. The first-order valence-corrected chi connectivity index (χ1v) is 4.61.